The van der Waals surface area contributed by atoms with E-state index in [2.05, 4.69) is 32.3 Å². The van der Waals surface area contributed by atoms with Crippen LogP contribution in [0.4, 0.5) is 0 Å². The second kappa shape index (κ2) is 8.99. The van der Waals surface area contributed by atoms with Gasteiger partial charge in [-0.05, 0) is 79.4 Å². The summed E-state index contributed by atoms with van der Waals surface area (Å²) in [4.78, 5) is 18.7. The number of benzene rings is 1. The van der Waals surface area contributed by atoms with E-state index in [-0.39, 0.29) is 17.7 Å². The lowest BCUT2D eigenvalue weighted by Gasteiger charge is -2.36. The Kier molecular flexibility index (Phi) is 5.93. The number of fused-ring (bicyclic) bond motifs is 1. The highest BCUT2D eigenvalue weighted by molar-refractivity contribution is 5.80. The highest BCUT2D eigenvalue weighted by Crippen LogP contribution is 2.31. The minimum atomic E-state index is -0.321. The fourth-order valence-electron chi connectivity index (χ4n) is 4.84. The Labute approximate surface area is 186 Å². The van der Waals surface area contributed by atoms with Gasteiger partial charge in [0.05, 0.1) is 19.8 Å². The zero-order chi connectivity index (χ0) is 22.1. The number of rotatable bonds is 6. The van der Waals surface area contributed by atoms with Crippen LogP contribution in [-0.2, 0) is 11.3 Å². The highest BCUT2D eigenvalue weighted by Gasteiger charge is 2.33. The summed E-state index contributed by atoms with van der Waals surface area (Å²) in [6.45, 7) is 5.45. The predicted octanol–water partition coefficient (Wildman–Crippen LogP) is 2.52. The Hall–Kier alpha value is -2.78. The number of aromatic amines is 1. The fraction of sp³-hybridized carbons (Fsp3) is 0.565. The average Bonchev–Trinajstić information content (AvgIpc) is 3.48. The van der Waals surface area contributed by atoms with Gasteiger partial charge in [-0.2, -0.15) is 0 Å². The summed E-state index contributed by atoms with van der Waals surface area (Å²) in [5, 5.41) is 13.6. The molecular weight excluding hydrogens is 408 g/mol. The van der Waals surface area contributed by atoms with Gasteiger partial charge in [0.1, 0.15) is 11.8 Å². The van der Waals surface area contributed by atoms with E-state index in [0.29, 0.717) is 23.9 Å². The number of H-pyrrole nitrogens is 1. The smallest absolute Gasteiger partial charge is 0.253 e. The molecular formula is C23H30N6O3. The Bertz CT molecular complexity index is 1130. The average molecular weight is 439 g/mol. The quantitative estimate of drug-likeness (QED) is 0.631. The third kappa shape index (κ3) is 4.14. The number of piperidine rings is 1. The van der Waals surface area contributed by atoms with Crippen LogP contribution < -0.4 is 10.3 Å². The van der Waals surface area contributed by atoms with Gasteiger partial charge >= 0.3 is 0 Å². The number of likely N-dealkylation sites (tertiary alicyclic amines) is 1. The summed E-state index contributed by atoms with van der Waals surface area (Å²) in [6, 6.07) is 7.31. The molecule has 2 aliphatic rings. The molecule has 0 bridgehead atoms. The number of tetrazole rings is 1. The Morgan fingerprint density at radius 2 is 2.09 bits per heavy atom. The molecule has 0 saturated carbocycles. The molecule has 0 unspecified atom stereocenters. The van der Waals surface area contributed by atoms with E-state index in [4.69, 9.17) is 9.47 Å². The third-order valence-corrected chi connectivity index (χ3v) is 6.76. The molecule has 32 heavy (non-hydrogen) atoms. The molecule has 2 aromatic heterocycles. The Balaban J connectivity index is 1.59. The molecule has 9 heteroatoms. The van der Waals surface area contributed by atoms with Gasteiger partial charge in [0, 0.05) is 23.1 Å². The van der Waals surface area contributed by atoms with Gasteiger partial charge in [-0.15, -0.1) is 5.10 Å². The van der Waals surface area contributed by atoms with Crippen molar-refractivity contribution in [2.75, 3.05) is 26.8 Å². The standard InChI is InChI=1S/C23H30N6O3/c1-15-7-9-28(10-8-15)21(22-25-26-27-29(22)14-18-4-3-11-32-18)19-13-16-12-17(31-2)5-6-20(16)24-23(19)30/h5-6,12-13,15,18,21H,3-4,7-11,14H2,1-2H3,(H,24,30)/t18-,21-/m0/s1. The monoisotopic (exact) mass is 438 g/mol. The molecule has 1 aromatic carbocycles. The summed E-state index contributed by atoms with van der Waals surface area (Å²) in [6.07, 6.45) is 4.34. The minimum absolute atomic E-state index is 0.110. The van der Waals surface area contributed by atoms with E-state index in [0.717, 1.165) is 62.0 Å². The molecule has 0 amide bonds. The van der Waals surface area contributed by atoms with E-state index >= 15 is 0 Å². The summed E-state index contributed by atoms with van der Waals surface area (Å²) in [5.74, 6) is 2.12. The summed E-state index contributed by atoms with van der Waals surface area (Å²) >= 11 is 0. The zero-order valence-electron chi connectivity index (χ0n) is 18.7. The number of nitrogens with one attached hydrogen (secondary N) is 1. The van der Waals surface area contributed by atoms with Crippen molar-refractivity contribution in [3.8, 4) is 5.75 Å². The molecule has 1 N–H and O–H groups in total. The lowest BCUT2D eigenvalue weighted by molar-refractivity contribution is 0.0894. The molecule has 0 aliphatic carbocycles. The first-order valence-electron chi connectivity index (χ1n) is 11.4. The number of pyridine rings is 1. The van der Waals surface area contributed by atoms with Crippen molar-refractivity contribution in [1.29, 1.82) is 0 Å². The number of aromatic nitrogens is 5. The molecule has 0 radical (unpaired) electrons. The third-order valence-electron chi connectivity index (χ3n) is 6.76. The van der Waals surface area contributed by atoms with Gasteiger partial charge in [0.15, 0.2) is 5.82 Å². The maximum Gasteiger partial charge on any atom is 0.253 e. The van der Waals surface area contributed by atoms with Crippen LogP contribution in [0.2, 0.25) is 0 Å². The maximum absolute atomic E-state index is 13.3. The molecule has 0 spiro atoms. The SMILES string of the molecule is COc1ccc2[nH]c(=O)c([C@@H](c3nnnn3C[C@@H]3CCCO3)N3CCC(C)CC3)cc2c1. The van der Waals surface area contributed by atoms with E-state index < -0.39 is 0 Å². The highest BCUT2D eigenvalue weighted by atomic mass is 16.5. The molecule has 2 atom stereocenters. The van der Waals surface area contributed by atoms with Gasteiger partial charge in [-0.1, -0.05) is 6.92 Å². The fourth-order valence-corrected chi connectivity index (χ4v) is 4.84. The number of hydrogen-bond donors (Lipinski definition) is 1. The van der Waals surface area contributed by atoms with Gasteiger partial charge in [-0.3, -0.25) is 9.69 Å². The number of ether oxygens (including phenoxy) is 2. The normalized spacial score (nSPS) is 21.2. The van der Waals surface area contributed by atoms with Gasteiger partial charge < -0.3 is 14.5 Å². The van der Waals surface area contributed by atoms with Crippen LogP contribution in [0.15, 0.2) is 29.1 Å². The van der Waals surface area contributed by atoms with E-state index in [9.17, 15) is 4.79 Å². The van der Waals surface area contributed by atoms with Crippen molar-refractivity contribution < 1.29 is 9.47 Å². The minimum Gasteiger partial charge on any atom is -0.497 e. The van der Waals surface area contributed by atoms with Crippen LogP contribution in [0, 0.1) is 5.92 Å². The molecule has 5 rings (SSSR count). The summed E-state index contributed by atoms with van der Waals surface area (Å²) in [5.41, 5.74) is 1.33. The largest absolute Gasteiger partial charge is 0.497 e. The molecule has 3 aromatic rings. The Morgan fingerprint density at radius 3 is 2.84 bits per heavy atom. The van der Waals surface area contributed by atoms with Gasteiger partial charge in [0.25, 0.3) is 5.56 Å². The Morgan fingerprint density at radius 1 is 1.25 bits per heavy atom. The molecule has 2 aliphatic heterocycles. The summed E-state index contributed by atoms with van der Waals surface area (Å²) < 4.78 is 13.0. The van der Waals surface area contributed by atoms with Gasteiger partial charge in [0.2, 0.25) is 0 Å². The zero-order valence-corrected chi connectivity index (χ0v) is 18.7. The molecule has 2 fully saturated rings. The van der Waals surface area contributed by atoms with Crippen molar-refractivity contribution in [2.24, 2.45) is 5.92 Å². The van der Waals surface area contributed by atoms with Crippen molar-refractivity contribution in [3.63, 3.8) is 0 Å². The van der Waals surface area contributed by atoms with E-state index in [1.54, 1.807) is 7.11 Å². The van der Waals surface area contributed by atoms with E-state index in [1.165, 1.54) is 0 Å². The van der Waals surface area contributed by atoms with Crippen LogP contribution in [0.3, 0.4) is 0 Å². The molecule has 9 nitrogen and oxygen atoms in total. The van der Waals surface area contributed by atoms with Crippen LogP contribution >= 0.6 is 0 Å². The molecule has 4 heterocycles. The number of nitrogens with zero attached hydrogens (tertiary/aromatic N) is 5. The van der Waals surface area contributed by atoms with Crippen LogP contribution in [0.5, 0.6) is 5.75 Å². The maximum atomic E-state index is 13.3. The van der Waals surface area contributed by atoms with Crippen molar-refractivity contribution in [2.45, 2.75) is 51.3 Å². The number of methoxy groups -OCH3 is 1. The lowest BCUT2D eigenvalue weighted by atomic mass is 9.95. The van der Waals surface area contributed by atoms with Crippen molar-refractivity contribution in [3.05, 3.63) is 46.0 Å². The molecule has 2 saturated heterocycles. The van der Waals surface area contributed by atoms with Crippen molar-refractivity contribution >= 4 is 10.9 Å². The lowest BCUT2D eigenvalue weighted by Crippen LogP contribution is -2.40. The second-order valence-electron chi connectivity index (χ2n) is 8.98. The first-order valence-corrected chi connectivity index (χ1v) is 11.4. The number of hydrogen-bond acceptors (Lipinski definition) is 7. The van der Waals surface area contributed by atoms with Crippen LogP contribution in [-0.4, -0.2) is 63.0 Å². The predicted molar refractivity (Wildman–Crippen MR) is 120 cm³/mol. The van der Waals surface area contributed by atoms with Crippen LogP contribution in [0.25, 0.3) is 10.9 Å². The van der Waals surface area contributed by atoms with Crippen molar-refractivity contribution in [1.82, 2.24) is 30.1 Å². The summed E-state index contributed by atoms with van der Waals surface area (Å²) in [7, 11) is 1.64. The first-order chi connectivity index (χ1) is 15.6. The van der Waals surface area contributed by atoms with Gasteiger partial charge in [-0.25, -0.2) is 4.68 Å². The van der Waals surface area contributed by atoms with E-state index in [1.807, 2.05) is 28.9 Å². The topological polar surface area (TPSA) is 98.2 Å². The van der Waals surface area contributed by atoms with Crippen LogP contribution in [0.1, 0.15) is 50.0 Å². The molecule has 170 valence electrons. The second-order valence-corrected chi connectivity index (χ2v) is 8.98. The first kappa shape index (κ1) is 21.1.